The minimum Gasteiger partial charge on any atom is -0.335 e. The summed E-state index contributed by atoms with van der Waals surface area (Å²) < 4.78 is 0. The second kappa shape index (κ2) is 7.90. The third-order valence-electron chi connectivity index (χ3n) is 5.22. The average molecular weight is 396 g/mol. The van der Waals surface area contributed by atoms with Crippen LogP contribution in [-0.4, -0.2) is 59.2 Å². The zero-order valence-electron chi connectivity index (χ0n) is 16.7. The summed E-state index contributed by atoms with van der Waals surface area (Å²) in [6, 6.07) is 12.6. The normalized spacial score (nSPS) is 18.7. The Labute approximate surface area is 168 Å². The summed E-state index contributed by atoms with van der Waals surface area (Å²) in [4.78, 5) is 51.4. The van der Waals surface area contributed by atoms with Crippen molar-refractivity contribution in [2.75, 3.05) is 25.5 Å². The minimum absolute atomic E-state index is 0.198. The van der Waals surface area contributed by atoms with Crippen LogP contribution in [0.4, 0.5) is 10.5 Å². The van der Waals surface area contributed by atoms with E-state index in [2.05, 4.69) is 10.6 Å². The highest BCUT2D eigenvalue weighted by molar-refractivity contribution is 6.09. The Morgan fingerprint density at radius 1 is 1.14 bits per heavy atom. The zero-order valence-corrected chi connectivity index (χ0v) is 16.7. The van der Waals surface area contributed by atoms with Crippen LogP contribution in [0.25, 0.3) is 10.8 Å². The Bertz CT molecular complexity index is 984. The van der Waals surface area contributed by atoms with Gasteiger partial charge in [-0.15, -0.1) is 0 Å². The number of imide groups is 1. The van der Waals surface area contributed by atoms with Gasteiger partial charge in [0.15, 0.2) is 0 Å². The third kappa shape index (κ3) is 4.06. The van der Waals surface area contributed by atoms with Gasteiger partial charge in [-0.2, -0.15) is 0 Å². The molecule has 0 spiro atoms. The van der Waals surface area contributed by atoms with Gasteiger partial charge in [-0.3, -0.25) is 19.3 Å². The molecule has 1 saturated heterocycles. The van der Waals surface area contributed by atoms with E-state index in [0.717, 1.165) is 15.7 Å². The highest BCUT2D eigenvalue weighted by atomic mass is 16.2. The van der Waals surface area contributed by atoms with Crippen molar-refractivity contribution in [3.05, 3.63) is 42.5 Å². The van der Waals surface area contributed by atoms with Gasteiger partial charge in [0, 0.05) is 18.1 Å². The number of hydrogen-bond donors (Lipinski definition) is 2. The smallest absolute Gasteiger partial charge is 0.325 e. The molecule has 5 amide bonds. The molecule has 8 heteroatoms. The topological polar surface area (TPSA) is 98.8 Å². The van der Waals surface area contributed by atoms with Crippen LogP contribution >= 0.6 is 0 Å². The molecule has 0 aliphatic carbocycles. The number of nitrogens with zero attached hydrogens (tertiary/aromatic N) is 2. The van der Waals surface area contributed by atoms with Crippen molar-refractivity contribution in [1.82, 2.24) is 15.1 Å². The van der Waals surface area contributed by atoms with Crippen molar-refractivity contribution >= 4 is 40.2 Å². The van der Waals surface area contributed by atoms with Crippen molar-refractivity contribution in [1.29, 1.82) is 0 Å². The van der Waals surface area contributed by atoms with Crippen LogP contribution in [-0.2, 0) is 14.4 Å². The molecule has 8 nitrogen and oxygen atoms in total. The highest BCUT2D eigenvalue weighted by Gasteiger charge is 2.47. The fourth-order valence-electron chi connectivity index (χ4n) is 3.21. The quantitative estimate of drug-likeness (QED) is 0.729. The van der Waals surface area contributed by atoms with Gasteiger partial charge in [-0.1, -0.05) is 43.3 Å². The number of amides is 5. The molecular weight excluding hydrogens is 372 g/mol. The number of fused-ring (bicyclic) bond motifs is 1. The van der Waals surface area contributed by atoms with E-state index in [1.54, 1.807) is 19.9 Å². The van der Waals surface area contributed by atoms with Gasteiger partial charge in [-0.05, 0) is 24.8 Å². The lowest BCUT2D eigenvalue weighted by Crippen LogP contribution is -2.45. The van der Waals surface area contributed by atoms with Crippen LogP contribution in [0.5, 0.6) is 0 Å². The predicted octanol–water partition coefficient (Wildman–Crippen LogP) is 1.96. The van der Waals surface area contributed by atoms with E-state index in [1.165, 1.54) is 11.9 Å². The molecule has 2 N–H and O–H groups in total. The van der Waals surface area contributed by atoms with Gasteiger partial charge >= 0.3 is 6.03 Å². The molecule has 0 unspecified atom stereocenters. The molecule has 1 atom stereocenters. The molecule has 1 aliphatic heterocycles. The molecule has 2 aromatic carbocycles. The largest absolute Gasteiger partial charge is 0.335 e. The van der Waals surface area contributed by atoms with Gasteiger partial charge in [0.1, 0.15) is 12.1 Å². The molecule has 29 heavy (non-hydrogen) atoms. The first-order valence-corrected chi connectivity index (χ1v) is 9.41. The fraction of sp³-hybridized carbons (Fsp3) is 0.333. The third-order valence-corrected chi connectivity index (χ3v) is 5.22. The first-order chi connectivity index (χ1) is 13.7. The highest BCUT2D eigenvalue weighted by Crippen LogP contribution is 2.23. The standard InChI is InChI=1S/C21H24N4O4/c1-4-21(2)19(28)25(20(29)23-21)13-18(27)24(3)12-17(26)22-16-11-7-9-14-8-5-6-10-15(14)16/h5-11H,4,12-13H2,1-3H3,(H,22,26)(H,23,29)/t21-/m0/s1. The summed E-state index contributed by atoms with van der Waals surface area (Å²) in [5.74, 6) is -1.30. The number of rotatable bonds is 6. The summed E-state index contributed by atoms with van der Waals surface area (Å²) in [5, 5.41) is 7.30. The molecule has 0 radical (unpaired) electrons. The van der Waals surface area contributed by atoms with Gasteiger partial charge in [-0.25, -0.2) is 4.79 Å². The maximum atomic E-state index is 12.5. The Morgan fingerprint density at radius 3 is 2.52 bits per heavy atom. The lowest BCUT2D eigenvalue weighted by Gasteiger charge is -2.21. The van der Waals surface area contributed by atoms with Gasteiger partial charge in [0.25, 0.3) is 5.91 Å². The van der Waals surface area contributed by atoms with Crippen LogP contribution < -0.4 is 10.6 Å². The summed E-state index contributed by atoms with van der Waals surface area (Å²) in [5.41, 5.74) is -0.344. The first kappa shape index (κ1) is 20.3. The van der Waals surface area contributed by atoms with Crippen molar-refractivity contribution in [3.63, 3.8) is 0 Å². The molecule has 1 fully saturated rings. The second-order valence-electron chi connectivity index (χ2n) is 7.33. The SMILES string of the molecule is CC[C@]1(C)NC(=O)N(CC(=O)N(C)CC(=O)Nc2cccc3ccccc23)C1=O. The van der Waals surface area contributed by atoms with Crippen molar-refractivity contribution < 1.29 is 19.2 Å². The molecule has 3 rings (SSSR count). The van der Waals surface area contributed by atoms with Crippen LogP contribution in [0.15, 0.2) is 42.5 Å². The Kier molecular flexibility index (Phi) is 5.54. The summed E-state index contributed by atoms with van der Waals surface area (Å²) >= 11 is 0. The number of anilines is 1. The van der Waals surface area contributed by atoms with Crippen molar-refractivity contribution in [3.8, 4) is 0 Å². The number of nitrogens with one attached hydrogen (secondary N) is 2. The first-order valence-electron chi connectivity index (χ1n) is 9.41. The van der Waals surface area contributed by atoms with E-state index >= 15 is 0 Å². The maximum absolute atomic E-state index is 12.5. The van der Waals surface area contributed by atoms with E-state index in [0.29, 0.717) is 12.1 Å². The van der Waals surface area contributed by atoms with E-state index < -0.39 is 29.9 Å². The van der Waals surface area contributed by atoms with E-state index in [9.17, 15) is 19.2 Å². The van der Waals surface area contributed by atoms with E-state index in [4.69, 9.17) is 0 Å². The van der Waals surface area contributed by atoms with E-state index in [1.807, 2.05) is 36.4 Å². The summed E-state index contributed by atoms with van der Waals surface area (Å²) in [6.45, 7) is 2.81. The fourth-order valence-corrected chi connectivity index (χ4v) is 3.21. The molecule has 0 saturated carbocycles. The molecule has 1 heterocycles. The van der Waals surface area contributed by atoms with Crippen molar-refractivity contribution in [2.45, 2.75) is 25.8 Å². The Balaban J connectivity index is 1.62. The summed E-state index contributed by atoms with van der Waals surface area (Å²) in [6.07, 6.45) is 0.422. The predicted molar refractivity (Wildman–Crippen MR) is 109 cm³/mol. The van der Waals surface area contributed by atoms with Crippen LogP contribution in [0.3, 0.4) is 0 Å². The number of urea groups is 1. The zero-order chi connectivity index (χ0) is 21.2. The lowest BCUT2D eigenvalue weighted by molar-refractivity contribution is -0.139. The molecule has 0 aromatic heterocycles. The summed E-state index contributed by atoms with van der Waals surface area (Å²) in [7, 11) is 1.46. The number of carbonyl (C=O) groups is 4. The van der Waals surface area contributed by atoms with Gasteiger partial charge in [0.05, 0.1) is 6.54 Å². The van der Waals surface area contributed by atoms with Gasteiger partial charge in [0.2, 0.25) is 11.8 Å². The van der Waals surface area contributed by atoms with Gasteiger partial charge < -0.3 is 15.5 Å². The molecule has 152 valence electrons. The molecule has 0 bridgehead atoms. The number of likely N-dealkylation sites (N-methyl/N-ethyl adjacent to an activating group) is 1. The number of benzene rings is 2. The number of carbonyl (C=O) groups excluding carboxylic acids is 4. The average Bonchev–Trinajstić information content (AvgIpc) is 2.91. The lowest BCUT2D eigenvalue weighted by atomic mass is 9.99. The Hall–Kier alpha value is -3.42. The molecule has 1 aliphatic rings. The van der Waals surface area contributed by atoms with Crippen molar-refractivity contribution in [2.24, 2.45) is 0 Å². The van der Waals surface area contributed by atoms with Crippen LogP contribution in [0.1, 0.15) is 20.3 Å². The van der Waals surface area contributed by atoms with E-state index in [-0.39, 0.29) is 12.5 Å². The Morgan fingerprint density at radius 2 is 1.83 bits per heavy atom. The van der Waals surface area contributed by atoms with Crippen LogP contribution in [0.2, 0.25) is 0 Å². The maximum Gasteiger partial charge on any atom is 0.325 e. The molecular formula is C21H24N4O4. The minimum atomic E-state index is -0.998. The monoisotopic (exact) mass is 396 g/mol. The second-order valence-corrected chi connectivity index (χ2v) is 7.33. The van der Waals surface area contributed by atoms with Crippen LogP contribution in [0, 0.1) is 0 Å². The number of hydrogen-bond acceptors (Lipinski definition) is 4. The molecule has 2 aromatic rings.